The zero-order valence-corrected chi connectivity index (χ0v) is 2.91. The largest absolute Gasteiger partial charge is 0.300 e. The van der Waals surface area contributed by atoms with Gasteiger partial charge in [-0.05, 0) is 6.85 Å². The smallest absolute Gasteiger partial charge is 0.129 e. The molecular formula is C4H8O. The van der Waals surface area contributed by atoms with Crippen LogP contribution in [0.4, 0.5) is 0 Å². The molecule has 0 bridgehead atoms. The Balaban J connectivity index is 4.40. The third kappa shape index (κ3) is 3.67. The van der Waals surface area contributed by atoms with E-state index in [0.717, 1.165) is 6.92 Å². The van der Waals surface area contributed by atoms with Crippen LogP contribution in [0.3, 0.4) is 0 Å². The molecule has 30 valence electrons. The van der Waals surface area contributed by atoms with E-state index in [4.69, 9.17) is 6.85 Å². The zero-order valence-electron chi connectivity index (χ0n) is 7.91. The van der Waals surface area contributed by atoms with Gasteiger partial charge in [-0.2, -0.15) is 0 Å². The Morgan fingerprint density at radius 2 is 3.00 bits per heavy atom. The summed E-state index contributed by atoms with van der Waals surface area (Å²) in [7, 11) is 0. The Labute approximate surface area is 39.0 Å². The van der Waals surface area contributed by atoms with Crippen LogP contribution in [0.2, 0.25) is 0 Å². The molecule has 0 aromatic carbocycles. The Bertz CT molecular complexity index is 125. The van der Waals surface area contributed by atoms with Crippen molar-refractivity contribution in [1.82, 2.24) is 0 Å². The molecule has 0 rings (SSSR count). The molecule has 0 aromatic heterocycles. The number of Topliss-reactive ketones (excluding diaryl/α,β-unsaturated/α-hetero) is 1. The van der Waals surface area contributed by atoms with E-state index in [0.29, 0.717) is 0 Å². The van der Waals surface area contributed by atoms with Crippen LogP contribution in [0, 0.1) is 0 Å². The molecule has 0 fully saturated rings. The lowest BCUT2D eigenvalue weighted by molar-refractivity contribution is -0.116. The van der Waals surface area contributed by atoms with Crippen molar-refractivity contribution in [3.63, 3.8) is 0 Å². The van der Waals surface area contributed by atoms with Crippen molar-refractivity contribution >= 4 is 5.78 Å². The molecule has 5 heavy (non-hydrogen) atoms. The third-order valence-electron chi connectivity index (χ3n) is 0.227. The van der Waals surface area contributed by atoms with Crippen LogP contribution in [-0.4, -0.2) is 5.78 Å². The van der Waals surface area contributed by atoms with Gasteiger partial charge in [-0.1, -0.05) is 6.92 Å². The highest BCUT2D eigenvalue weighted by Crippen LogP contribution is 1.71. The maximum Gasteiger partial charge on any atom is 0.129 e. The molecule has 0 radical (unpaired) electrons. The molecular weight excluding hydrogens is 64.0 g/mol. The minimum Gasteiger partial charge on any atom is -0.300 e. The monoisotopic (exact) mass is 77.1 g/mol. The van der Waals surface area contributed by atoms with Gasteiger partial charge in [0.25, 0.3) is 0 Å². The molecule has 0 aromatic rings. The molecule has 0 heterocycles. The number of hydrogen-bond donors (Lipinski definition) is 0. The van der Waals surface area contributed by atoms with Crippen LogP contribution >= 0.6 is 0 Å². The molecule has 0 saturated carbocycles. The predicted octanol–water partition coefficient (Wildman–Crippen LogP) is 0.985. The van der Waals surface area contributed by atoms with Crippen molar-refractivity contribution in [1.29, 1.82) is 0 Å². The fraction of sp³-hybridized carbons (Fsp3) is 0.750. The average molecular weight is 77.1 g/mol. The second-order valence-electron chi connectivity index (χ2n) is 0.579. The van der Waals surface area contributed by atoms with E-state index in [1.165, 1.54) is 0 Å². The molecule has 1 nitrogen and oxygen atoms in total. The Morgan fingerprint density at radius 1 is 2.40 bits per heavy atom. The summed E-state index contributed by atoms with van der Waals surface area (Å²) in [6.07, 6.45) is -2.26. The fourth-order valence-corrected chi connectivity index (χ4v) is 0. The van der Waals surface area contributed by atoms with Crippen molar-refractivity contribution in [2.45, 2.75) is 20.1 Å². The van der Waals surface area contributed by atoms with E-state index in [9.17, 15) is 4.79 Å². The summed E-state index contributed by atoms with van der Waals surface area (Å²) in [4.78, 5) is 10.5. The first kappa shape index (κ1) is 0.837. The summed E-state index contributed by atoms with van der Waals surface area (Å²) in [5.41, 5.74) is 0. The van der Waals surface area contributed by atoms with E-state index in [-0.39, 0.29) is 0 Å². The van der Waals surface area contributed by atoms with Crippen molar-refractivity contribution in [2.75, 3.05) is 0 Å². The Morgan fingerprint density at radius 3 is 3.00 bits per heavy atom. The lowest BCUT2D eigenvalue weighted by atomic mass is 10.4. The van der Waals surface area contributed by atoms with Crippen molar-refractivity contribution in [3.8, 4) is 0 Å². The molecule has 0 aliphatic heterocycles. The number of ketones is 1. The normalized spacial score (nSPS) is 27.8. The predicted molar refractivity (Wildman–Crippen MR) is 21.0 cm³/mol. The summed E-state index contributed by atoms with van der Waals surface area (Å²) in [6.45, 7) is -1.89. The van der Waals surface area contributed by atoms with Crippen LogP contribution < -0.4 is 0 Å². The van der Waals surface area contributed by atoms with Crippen LogP contribution in [0.5, 0.6) is 0 Å². The number of hydrogen-bond acceptors (Lipinski definition) is 1. The van der Waals surface area contributed by atoms with Gasteiger partial charge in [-0.15, -0.1) is 0 Å². The molecule has 1 heteroatoms. The highest BCUT2D eigenvalue weighted by atomic mass is 16.1. The molecule has 0 unspecified atom stereocenters. The van der Waals surface area contributed by atoms with Gasteiger partial charge >= 0.3 is 0 Å². The zero-order chi connectivity index (χ0) is 8.58. The summed E-state index contributed by atoms with van der Waals surface area (Å²) in [5, 5.41) is 0. The first-order chi connectivity index (χ1) is 4.15. The minimum atomic E-state index is -2.82. The molecule has 0 atom stereocenters. The molecule has 0 N–H and O–H groups in total. The van der Waals surface area contributed by atoms with Gasteiger partial charge in [0.1, 0.15) is 5.78 Å². The van der Waals surface area contributed by atoms with Gasteiger partial charge in [0.15, 0.2) is 0 Å². The highest BCUT2D eigenvalue weighted by Gasteiger charge is 1.76. The van der Waals surface area contributed by atoms with Crippen molar-refractivity contribution < 1.29 is 11.6 Å². The second-order valence-corrected chi connectivity index (χ2v) is 0.579. The molecule has 0 aliphatic rings. The maximum absolute atomic E-state index is 10.5. The standard InChI is InChI=1S/C4H8O/c1-3-4(2)5/h3H2,1-2H3/i2D3,3D2. The lowest BCUT2D eigenvalue weighted by Gasteiger charge is -1.71. The topological polar surface area (TPSA) is 17.1 Å². The van der Waals surface area contributed by atoms with Gasteiger partial charge in [0, 0.05) is 13.2 Å². The second kappa shape index (κ2) is 1.94. The molecule has 0 saturated heterocycles. The van der Waals surface area contributed by atoms with Gasteiger partial charge in [0.05, 0.1) is 0 Å². The van der Waals surface area contributed by atoms with Crippen LogP contribution in [0.1, 0.15) is 27.0 Å². The maximum atomic E-state index is 10.5. The van der Waals surface area contributed by atoms with Crippen LogP contribution in [0.25, 0.3) is 0 Å². The third-order valence-corrected chi connectivity index (χ3v) is 0.227. The number of carbonyl (C=O) groups excluding carboxylic acids is 1. The lowest BCUT2D eigenvalue weighted by Crippen LogP contribution is -1.80. The Hall–Kier alpha value is -0.330. The van der Waals surface area contributed by atoms with Gasteiger partial charge in [-0.25, -0.2) is 0 Å². The van der Waals surface area contributed by atoms with Crippen LogP contribution in [0.15, 0.2) is 0 Å². The van der Waals surface area contributed by atoms with E-state index in [2.05, 4.69) is 0 Å². The van der Waals surface area contributed by atoms with Crippen molar-refractivity contribution in [3.05, 3.63) is 0 Å². The van der Waals surface area contributed by atoms with Crippen molar-refractivity contribution in [2.24, 2.45) is 0 Å². The Kier molecular flexibility index (Phi) is 0.325. The molecule has 0 spiro atoms. The van der Waals surface area contributed by atoms with E-state index in [1.807, 2.05) is 0 Å². The minimum absolute atomic E-state index is 0.932. The van der Waals surface area contributed by atoms with Gasteiger partial charge in [-0.3, -0.25) is 0 Å². The van der Waals surface area contributed by atoms with E-state index in [1.54, 1.807) is 0 Å². The summed E-state index contributed by atoms with van der Waals surface area (Å²) in [5.74, 6) is -1.35. The van der Waals surface area contributed by atoms with Gasteiger partial charge < -0.3 is 4.79 Å². The summed E-state index contributed by atoms with van der Waals surface area (Å²) >= 11 is 0. The first-order valence-electron chi connectivity index (χ1n) is 3.70. The molecule has 0 aliphatic carbocycles. The van der Waals surface area contributed by atoms with Gasteiger partial charge in [0.2, 0.25) is 0 Å². The summed E-state index contributed by atoms with van der Waals surface area (Å²) < 4.78 is 33.1. The average Bonchev–Trinajstić information content (AvgIpc) is 1.59. The molecule has 0 amide bonds. The SMILES string of the molecule is [2H]C([2H])([2H])C(=O)C([2H])([2H])C. The summed E-state index contributed by atoms with van der Waals surface area (Å²) in [6, 6.07) is 0. The quantitative estimate of drug-likeness (QED) is 0.456. The number of rotatable bonds is 1. The fourth-order valence-electron chi connectivity index (χ4n) is 0. The highest BCUT2D eigenvalue weighted by molar-refractivity contribution is 5.74. The first-order valence-corrected chi connectivity index (χ1v) is 1.20. The van der Waals surface area contributed by atoms with Crippen LogP contribution in [-0.2, 0) is 4.79 Å². The van der Waals surface area contributed by atoms with E-state index >= 15 is 0 Å². The van der Waals surface area contributed by atoms with E-state index < -0.39 is 19.0 Å². The number of carbonyl (C=O) groups is 1.